The Balaban J connectivity index is 1.98. The molecule has 0 amide bonds. The first-order valence-electron chi connectivity index (χ1n) is 5.93. The van der Waals surface area contributed by atoms with Gasteiger partial charge in [-0.25, -0.2) is 13.2 Å². The number of hydrogen-bond acceptors (Lipinski definition) is 8. The van der Waals surface area contributed by atoms with Crippen molar-refractivity contribution in [1.82, 2.24) is 15.5 Å². The van der Waals surface area contributed by atoms with E-state index in [2.05, 4.69) is 15.5 Å². The van der Waals surface area contributed by atoms with Crippen molar-refractivity contribution >= 4 is 15.8 Å². The van der Waals surface area contributed by atoms with Crippen LogP contribution in [0, 0.1) is 0 Å². The lowest BCUT2D eigenvalue weighted by atomic mass is 10.2. The summed E-state index contributed by atoms with van der Waals surface area (Å²) < 4.78 is 32.6. The highest BCUT2D eigenvalue weighted by Gasteiger charge is 2.26. The van der Waals surface area contributed by atoms with Crippen LogP contribution in [0.1, 0.15) is 23.4 Å². The summed E-state index contributed by atoms with van der Waals surface area (Å²) in [5.74, 6) is -0.402. The van der Waals surface area contributed by atoms with Crippen LogP contribution in [-0.4, -0.2) is 55.2 Å². The van der Waals surface area contributed by atoms with Gasteiger partial charge in [0, 0.05) is 19.0 Å². The second-order valence-corrected chi connectivity index (χ2v) is 6.43. The van der Waals surface area contributed by atoms with Gasteiger partial charge in [-0.15, -0.1) is 0 Å². The Morgan fingerprint density at radius 2 is 2.37 bits per heavy atom. The molecule has 0 bridgehead atoms. The average molecular weight is 289 g/mol. The summed E-state index contributed by atoms with van der Waals surface area (Å²) in [5, 5.41) is 6.56. The Labute approximate surface area is 110 Å². The van der Waals surface area contributed by atoms with Gasteiger partial charge in [0.15, 0.2) is 9.84 Å². The normalized spacial score (nSPS) is 22.1. The maximum Gasteiger partial charge on any atom is 0.379 e. The molecule has 1 aliphatic rings. The van der Waals surface area contributed by atoms with E-state index in [4.69, 9.17) is 9.26 Å². The second kappa shape index (κ2) is 5.66. The van der Waals surface area contributed by atoms with E-state index in [9.17, 15) is 13.2 Å². The molecule has 1 N–H and O–H groups in total. The molecule has 0 spiro atoms. The zero-order valence-corrected chi connectivity index (χ0v) is 11.3. The molecule has 2 rings (SSSR count). The zero-order valence-electron chi connectivity index (χ0n) is 10.5. The van der Waals surface area contributed by atoms with Crippen LogP contribution in [0.3, 0.4) is 0 Å². The Kier molecular flexibility index (Phi) is 4.15. The molecule has 1 aromatic heterocycles. The van der Waals surface area contributed by atoms with Gasteiger partial charge in [-0.2, -0.15) is 4.98 Å². The highest BCUT2D eigenvalue weighted by atomic mass is 32.2. The van der Waals surface area contributed by atoms with Crippen molar-refractivity contribution in [2.24, 2.45) is 0 Å². The Hall–Kier alpha value is -1.48. The number of hydrogen-bond donors (Lipinski definition) is 1. The monoisotopic (exact) mass is 289 g/mol. The molecule has 1 aromatic rings. The van der Waals surface area contributed by atoms with Crippen LogP contribution in [0.4, 0.5) is 0 Å². The van der Waals surface area contributed by atoms with Crippen LogP contribution in [0.25, 0.3) is 0 Å². The quantitative estimate of drug-likeness (QED) is 0.715. The smallest absolute Gasteiger partial charge is 0.379 e. The summed E-state index contributed by atoms with van der Waals surface area (Å²) in [6, 6.07) is -0.269. The number of sulfone groups is 1. The van der Waals surface area contributed by atoms with Crippen molar-refractivity contribution in [3.05, 3.63) is 11.7 Å². The fraction of sp³-hybridized carbons (Fsp3) is 0.700. The largest absolute Gasteiger partial charge is 0.460 e. The van der Waals surface area contributed by atoms with Gasteiger partial charge in [0.1, 0.15) is 0 Å². The molecule has 2 heterocycles. The number of rotatable bonds is 4. The molecule has 1 unspecified atom stereocenters. The fourth-order valence-electron chi connectivity index (χ4n) is 1.83. The predicted molar refractivity (Wildman–Crippen MR) is 64.4 cm³/mol. The third kappa shape index (κ3) is 3.74. The second-order valence-electron chi connectivity index (χ2n) is 4.20. The van der Waals surface area contributed by atoms with Crippen LogP contribution >= 0.6 is 0 Å². The van der Waals surface area contributed by atoms with Gasteiger partial charge in [0.2, 0.25) is 5.89 Å². The molecule has 19 heavy (non-hydrogen) atoms. The number of esters is 1. The van der Waals surface area contributed by atoms with Crippen molar-refractivity contribution in [1.29, 1.82) is 0 Å². The molecule has 0 aromatic carbocycles. The van der Waals surface area contributed by atoms with Gasteiger partial charge in [-0.1, -0.05) is 0 Å². The van der Waals surface area contributed by atoms with E-state index in [1.807, 2.05) is 0 Å². The van der Waals surface area contributed by atoms with Gasteiger partial charge in [0.25, 0.3) is 5.82 Å². The predicted octanol–water partition coefficient (Wildman–Crippen LogP) is -0.825. The lowest BCUT2D eigenvalue weighted by molar-refractivity contribution is 0.0508. The number of ether oxygens (including phenoxy) is 1. The van der Waals surface area contributed by atoms with E-state index < -0.39 is 15.8 Å². The van der Waals surface area contributed by atoms with Crippen LogP contribution in [-0.2, 0) is 21.0 Å². The van der Waals surface area contributed by atoms with Gasteiger partial charge >= 0.3 is 5.97 Å². The van der Waals surface area contributed by atoms with Crippen LogP contribution in [0.2, 0.25) is 0 Å². The third-order valence-corrected chi connectivity index (χ3v) is 4.38. The Morgan fingerprint density at radius 3 is 3.05 bits per heavy atom. The third-order valence-electron chi connectivity index (χ3n) is 2.65. The van der Waals surface area contributed by atoms with Crippen LogP contribution in [0.5, 0.6) is 0 Å². The number of nitrogens with zero attached hydrogens (tertiary/aromatic N) is 2. The molecule has 9 heteroatoms. The topological polar surface area (TPSA) is 111 Å². The summed E-state index contributed by atoms with van der Waals surface area (Å²) in [4.78, 5) is 15.2. The van der Waals surface area contributed by atoms with E-state index in [1.165, 1.54) is 0 Å². The summed E-state index contributed by atoms with van der Waals surface area (Å²) >= 11 is 0. The van der Waals surface area contributed by atoms with Crippen LogP contribution < -0.4 is 5.32 Å². The highest BCUT2D eigenvalue weighted by Crippen LogP contribution is 2.08. The van der Waals surface area contributed by atoms with Gasteiger partial charge in [-0.05, 0) is 12.1 Å². The Morgan fingerprint density at radius 1 is 1.58 bits per heavy atom. The van der Waals surface area contributed by atoms with Crippen molar-refractivity contribution in [3.8, 4) is 0 Å². The van der Waals surface area contributed by atoms with Crippen LogP contribution in [0.15, 0.2) is 4.52 Å². The van der Waals surface area contributed by atoms with Gasteiger partial charge < -0.3 is 14.6 Å². The summed E-state index contributed by atoms with van der Waals surface area (Å²) in [6.07, 6.45) is 0.269. The van der Waals surface area contributed by atoms with E-state index in [0.717, 1.165) is 0 Å². The molecule has 1 fully saturated rings. The van der Waals surface area contributed by atoms with Crippen molar-refractivity contribution in [3.63, 3.8) is 0 Å². The minimum Gasteiger partial charge on any atom is -0.460 e. The molecular weight excluding hydrogens is 274 g/mol. The lowest BCUT2D eigenvalue weighted by Crippen LogP contribution is -2.46. The zero-order chi connectivity index (χ0) is 13.9. The highest BCUT2D eigenvalue weighted by molar-refractivity contribution is 7.91. The number of carbonyl (C=O) groups excluding carboxylic acids is 1. The molecule has 1 atom stereocenters. The maximum absolute atomic E-state index is 11.5. The average Bonchev–Trinajstić information content (AvgIpc) is 2.76. The molecule has 1 saturated heterocycles. The molecule has 8 nitrogen and oxygen atoms in total. The summed E-state index contributed by atoms with van der Waals surface area (Å²) in [6.45, 7) is 2.31. The van der Waals surface area contributed by atoms with E-state index in [-0.39, 0.29) is 42.3 Å². The minimum atomic E-state index is -3.01. The molecule has 106 valence electrons. The fourth-order valence-corrected chi connectivity index (χ4v) is 3.27. The van der Waals surface area contributed by atoms with E-state index in [0.29, 0.717) is 6.54 Å². The first-order valence-corrected chi connectivity index (χ1v) is 7.76. The first-order chi connectivity index (χ1) is 9.00. The van der Waals surface area contributed by atoms with Gasteiger partial charge in [0.05, 0.1) is 18.1 Å². The minimum absolute atomic E-state index is 0.0319. The van der Waals surface area contributed by atoms with Crippen molar-refractivity contribution in [2.75, 3.05) is 24.7 Å². The van der Waals surface area contributed by atoms with E-state index in [1.54, 1.807) is 6.92 Å². The maximum atomic E-state index is 11.5. The molecular formula is C10H15N3O5S. The number of carbonyl (C=O) groups is 1. The van der Waals surface area contributed by atoms with Gasteiger partial charge in [-0.3, -0.25) is 0 Å². The molecule has 0 saturated carbocycles. The lowest BCUT2D eigenvalue weighted by Gasteiger charge is -2.21. The van der Waals surface area contributed by atoms with Crippen molar-refractivity contribution < 1.29 is 22.5 Å². The summed E-state index contributed by atoms with van der Waals surface area (Å²) in [5.41, 5.74) is 0. The van der Waals surface area contributed by atoms with Crippen molar-refractivity contribution in [2.45, 2.75) is 19.4 Å². The molecule has 1 aliphatic heterocycles. The first kappa shape index (κ1) is 13.9. The Bertz CT molecular complexity index is 553. The number of nitrogens with one attached hydrogen (secondary N) is 1. The standard InChI is InChI=1S/C10H15N3O5S/c1-2-17-10(14)9-12-8(18-13-9)5-7-6-19(15,16)4-3-11-7/h7,11H,2-6H2,1H3. The molecule has 0 aliphatic carbocycles. The SMILES string of the molecule is CCOC(=O)c1noc(CC2CS(=O)(=O)CCN2)n1. The molecule has 0 radical (unpaired) electrons. The summed E-state index contributed by atoms with van der Waals surface area (Å²) in [7, 11) is -3.01. The number of aromatic nitrogens is 2. The van der Waals surface area contributed by atoms with E-state index >= 15 is 0 Å².